The Hall–Kier alpha value is -2.93. The molecule has 0 aliphatic rings. The van der Waals surface area contributed by atoms with Crippen LogP contribution in [-0.2, 0) is 6.42 Å². The number of ether oxygens (including phenoxy) is 3. The smallest absolute Gasteiger partial charge is 0.191 e. The van der Waals surface area contributed by atoms with Gasteiger partial charge in [-0.3, -0.25) is 4.99 Å². The first-order chi connectivity index (χ1) is 15.0. The van der Waals surface area contributed by atoms with E-state index in [1.165, 1.54) is 0 Å². The molecule has 1 atom stereocenters. The summed E-state index contributed by atoms with van der Waals surface area (Å²) in [5.41, 5.74) is 1.94. The van der Waals surface area contributed by atoms with Crippen LogP contribution in [0.4, 0.5) is 0 Å². The molecule has 3 N–H and O–H groups in total. The molecule has 170 valence electrons. The summed E-state index contributed by atoms with van der Waals surface area (Å²) in [6.45, 7) is 7.67. The average Bonchev–Trinajstić information content (AvgIpc) is 2.77. The van der Waals surface area contributed by atoms with Gasteiger partial charge in [0.2, 0.25) is 0 Å². The molecule has 2 aromatic rings. The van der Waals surface area contributed by atoms with Crippen molar-refractivity contribution in [3.8, 4) is 17.2 Å². The van der Waals surface area contributed by atoms with Crippen LogP contribution in [0.25, 0.3) is 0 Å². The van der Waals surface area contributed by atoms with Gasteiger partial charge in [0.05, 0.1) is 33.0 Å². The molecule has 0 aliphatic carbocycles. The minimum atomic E-state index is -0.686. The maximum absolute atomic E-state index is 10.5. The second kappa shape index (κ2) is 12.7. The van der Waals surface area contributed by atoms with E-state index in [1.807, 2.05) is 63.2 Å². The molecule has 1 unspecified atom stereocenters. The Balaban J connectivity index is 1.91. The lowest BCUT2D eigenvalue weighted by atomic mass is 10.1. The summed E-state index contributed by atoms with van der Waals surface area (Å²) in [5.74, 6) is 2.89. The lowest BCUT2D eigenvalue weighted by molar-refractivity contribution is 0.186. The molecule has 0 radical (unpaired) electrons. The number of rotatable bonds is 11. The minimum Gasteiger partial charge on any atom is -0.493 e. The molecular formula is C24H35N3O4. The van der Waals surface area contributed by atoms with Gasteiger partial charge < -0.3 is 30.0 Å². The molecule has 2 rings (SSSR count). The average molecular weight is 430 g/mol. The van der Waals surface area contributed by atoms with E-state index in [0.29, 0.717) is 24.0 Å². The Morgan fingerprint density at radius 1 is 1.00 bits per heavy atom. The van der Waals surface area contributed by atoms with Crippen molar-refractivity contribution in [1.29, 1.82) is 0 Å². The van der Waals surface area contributed by atoms with E-state index >= 15 is 0 Å². The van der Waals surface area contributed by atoms with Crippen molar-refractivity contribution in [2.45, 2.75) is 39.4 Å². The molecule has 0 bridgehead atoms. The van der Waals surface area contributed by atoms with E-state index in [9.17, 15) is 5.11 Å². The van der Waals surface area contributed by atoms with E-state index in [-0.39, 0.29) is 12.6 Å². The summed E-state index contributed by atoms with van der Waals surface area (Å²) in [6.07, 6.45) is 0.229. The van der Waals surface area contributed by atoms with E-state index in [1.54, 1.807) is 14.2 Å². The molecule has 0 fully saturated rings. The van der Waals surface area contributed by atoms with Crippen LogP contribution in [0.2, 0.25) is 0 Å². The van der Waals surface area contributed by atoms with Crippen molar-refractivity contribution >= 4 is 5.96 Å². The summed E-state index contributed by atoms with van der Waals surface area (Å²) < 4.78 is 16.3. The van der Waals surface area contributed by atoms with Crippen LogP contribution in [0.5, 0.6) is 17.2 Å². The number of nitrogens with zero attached hydrogens (tertiary/aromatic N) is 1. The summed E-state index contributed by atoms with van der Waals surface area (Å²) >= 11 is 0. The second-order valence-electron chi connectivity index (χ2n) is 7.34. The molecule has 2 aromatic carbocycles. The van der Waals surface area contributed by atoms with E-state index < -0.39 is 6.10 Å². The maximum Gasteiger partial charge on any atom is 0.191 e. The van der Waals surface area contributed by atoms with Crippen LogP contribution < -0.4 is 24.8 Å². The van der Waals surface area contributed by atoms with Gasteiger partial charge in [0.25, 0.3) is 0 Å². The zero-order valence-electron chi connectivity index (χ0n) is 19.1. The van der Waals surface area contributed by atoms with Crippen molar-refractivity contribution in [2.24, 2.45) is 4.99 Å². The van der Waals surface area contributed by atoms with Crippen molar-refractivity contribution in [3.05, 3.63) is 53.6 Å². The lowest BCUT2D eigenvalue weighted by Crippen LogP contribution is -2.38. The molecule has 0 heterocycles. The third kappa shape index (κ3) is 8.02. The third-order valence-electron chi connectivity index (χ3n) is 4.56. The van der Waals surface area contributed by atoms with E-state index in [4.69, 9.17) is 14.2 Å². The number of nitrogens with one attached hydrogen (secondary N) is 2. The van der Waals surface area contributed by atoms with Crippen LogP contribution in [-0.4, -0.2) is 51.0 Å². The SMILES string of the molecule is CCNC(=NCC(O)c1ccc(OC(C)C)cc1)NCCc1ccc(OC)c(OC)c1. The van der Waals surface area contributed by atoms with Crippen LogP contribution in [0.3, 0.4) is 0 Å². The van der Waals surface area contributed by atoms with E-state index in [2.05, 4.69) is 15.6 Å². The highest BCUT2D eigenvalue weighted by Crippen LogP contribution is 2.27. The molecule has 0 aliphatic heterocycles. The molecule has 0 saturated heterocycles. The van der Waals surface area contributed by atoms with Crippen molar-refractivity contribution in [1.82, 2.24) is 10.6 Å². The first-order valence-corrected chi connectivity index (χ1v) is 10.6. The summed E-state index contributed by atoms with van der Waals surface area (Å²) in [7, 11) is 3.26. The zero-order valence-corrected chi connectivity index (χ0v) is 19.1. The van der Waals surface area contributed by atoms with Crippen LogP contribution >= 0.6 is 0 Å². The quantitative estimate of drug-likeness (QED) is 0.375. The van der Waals surface area contributed by atoms with Gasteiger partial charge in [-0.2, -0.15) is 0 Å². The van der Waals surface area contributed by atoms with Gasteiger partial charge in [-0.15, -0.1) is 0 Å². The van der Waals surface area contributed by atoms with Gasteiger partial charge in [-0.05, 0) is 62.6 Å². The summed E-state index contributed by atoms with van der Waals surface area (Å²) in [4.78, 5) is 4.52. The summed E-state index contributed by atoms with van der Waals surface area (Å²) in [6, 6.07) is 13.4. The highest BCUT2D eigenvalue weighted by atomic mass is 16.5. The minimum absolute atomic E-state index is 0.119. The normalized spacial score (nSPS) is 12.4. The second-order valence-corrected chi connectivity index (χ2v) is 7.34. The zero-order chi connectivity index (χ0) is 22.6. The highest BCUT2D eigenvalue weighted by Gasteiger charge is 2.09. The maximum atomic E-state index is 10.5. The molecule has 0 aromatic heterocycles. The molecule has 0 saturated carbocycles. The number of benzene rings is 2. The number of guanidine groups is 1. The van der Waals surface area contributed by atoms with Gasteiger partial charge in [0, 0.05) is 13.1 Å². The number of methoxy groups -OCH3 is 2. The van der Waals surface area contributed by atoms with Crippen LogP contribution in [0, 0.1) is 0 Å². The van der Waals surface area contributed by atoms with Crippen LogP contribution in [0.15, 0.2) is 47.5 Å². The number of aliphatic hydroxyl groups is 1. The highest BCUT2D eigenvalue weighted by molar-refractivity contribution is 5.79. The monoisotopic (exact) mass is 429 g/mol. The Morgan fingerprint density at radius 3 is 2.32 bits per heavy atom. The summed E-state index contributed by atoms with van der Waals surface area (Å²) in [5, 5.41) is 17.0. The first-order valence-electron chi connectivity index (χ1n) is 10.6. The number of hydrogen-bond donors (Lipinski definition) is 3. The fourth-order valence-corrected chi connectivity index (χ4v) is 3.03. The standard InChI is InChI=1S/C24H35N3O4/c1-6-25-24(26-14-13-18-7-12-22(29-4)23(15-18)30-5)27-16-21(28)19-8-10-20(11-9-19)31-17(2)3/h7-12,15,17,21,28H,6,13-14,16H2,1-5H3,(H2,25,26,27). The van der Waals surface area contributed by atoms with Gasteiger partial charge in [0.1, 0.15) is 5.75 Å². The van der Waals surface area contributed by atoms with Gasteiger partial charge >= 0.3 is 0 Å². The molecule has 31 heavy (non-hydrogen) atoms. The Labute approximate surface area is 185 Å². The van der Waals surface area contributed by atoms with Gasteiger partial charge in [0.15, 0.2) is 17.5 Å². The topological polar surface area (TPSA) is 84.3 Å². The predicted molar refractivity (Wildman–Crippen MR) is 124 cm³/mol. The third-order valence-corrected chi connectivity index (χ3v) is 4.56. The molecule has 0 amide bonds. The number of aliphatic imine (C=N–C) groups is 1. The fraction of sp³-hybridized carbons (Fsp3) is 0.458. The lowest BCUT2D eigenvalue weighted by Gasteiger charge is -2.15. The number of hydrogen-bond acceptors (Lipinski definition) is 5. The molecule has 0 spiro atoms. The Morgan fingerprint density at radius 2 is 1.71 bits per heavy atom. The molecule has 7 nitrogen and oxygen atoms in total. The van der Waals surface area contributed by atoms with Gasteiger partial charge in [-0.25, -0.2) is 0 Å². The number of aliphatic hydroxyl groups excluding tert-OH is 1. The van der Waals surface area contributed by atoms with Gasteiger partial charge in [-0.1, -0.05) is 18.2 Å². The fourth-order valence-electron chi connectivity index (χ4n) is 3.03. The van der Waals surface area contributed by atoms with Crippen LogP contribution in [0.1, 0.15) is 38.0 Å². The molecule has 7 heteroatoms. The van der Waals surface area contributed by atoms with Crippen molar-refractivity contribution in [3.63, 3.8) is 0 Å². The Bertz CT molecular complexity index is 822. The molecular weight excluding hydrogens is 394 g/mol. The first kappa shape index (κ1) is 24.3. The Kier molecular flexibility index (Phi) is 9.97. The largest absolute Gasteiger partial charge is 0.493 e. The van der Waals surface area contributed by atoms with E-state index in [0.717, 1.165) is 29.8 Å². The van der Waals surface area contributed by atoms with Crippen molar-refractivity contribution < 1.29 is 19.3 Å². The van der Waals surface area contributed by atoms with Crippen molar-refractivity contribution in [2.75, 3.05) is 33.9 Å². The predicted octanol–water partition coefficient (Wildman–Crippen LogP) is 3.32.